The molecule has 0 radical (unpaired) electrons. The van der Waals surface area contributed by atoms with E-state index in [1.54, 1.807) is 14.2 Å². The molecule has 30 heavy (non-hydrogen) atoms. The molecule has 6 heteroatoms. The SMILES string of the molecule is COc1ccc(-n2c(C)cc(/C=C(/C#N)c3nc4ccc(OC)cc4[nH]3)c2C)cc1. The fourth-order valence-corrected chi connectivity index (χ4v) is 3.61. The van der Waals surface area contributed by atoms with Gasteiger partial charge in [0.1, 0.15) is 23.4 Å². The second kappa shape index (κ2) is 7.80. The van der Waals surface area contributed by atoms with E-state index in [2.05, 4.69) is 26.7 Å². The summed E-state index contributed by atoms with van der Waals surface area (Å²) in [6.45, 7) is 4.09. The second-order valence-electron chi connectivity index (χ2n) is 7.00. The Kier molecular flexibility index (Phi) is 5.03. The van der Waals surface area contributed by atoms with E-state index < -0.39 is 0 Å². The molecule has 150 valence electrons. The van der Waals surface area contributed by atoms with Crippen LogP contribution in [0.25, 0.3) is 28.4 Å². The summed E-state index contributed by atoms with van der Waals surface area (Å²) in [4.78, 5) is 7.79. The molecular formula is C24H22N4O2. The molecule has 2 heterocycles. The first-order valence-corrected chi connectivity index (χ1v) is 9.53. The summed E-state index contributed by atoms with van der Waals surface area (Å²) in [7, 11) is 3.28. The van der Waals surface area contributed by atoms with Gasteiger partial charge in [0.2, 0.25) is 0 Å². The lowest BCUT2D eigenvalue weighted by Crippen LogP contribution is -1.99. The number of fused-ring (bicyclic) bond motifs is 1. The van der Waals surface area contributed by atoms with E-state index in [1.165, 1.54) is 0 Å². The van der Waals surface area contributed by atoms with Crippen molar-refractivity contribution in [2.24, 2.45) is 0 Å². The number of hydrogen-bond acceptors (Lipinski definition) is 4. The number of allylic oxidation sites excluding steroid dienone is 1. The van der Waals surface area contributed by atoms with Crippen LogP contribution in [0, 0.1) is 25.2 Å². The van der Waals surface area contributed by atoms with E-state index in [1.807, 2.05) is 62.4 Å². The van der Waals surface area contributed by atoms with Gasteiger partial charge in [-0.3, -0.25) is 0 Å². The van der Waals surface area contributed by atoms with Crippen LogP contribution < -0.4 is 9.47 Å². The normalized spacial score (nSPS) is 11.5. The molecule has 0 bridgehead atoms. The van der Waals surface area contributed by atoms with Crippen molar-refractivity contribution < 1.29 is 9.47 Å². The number of aryl methyl sites for hydroxylation is 1. The molecular weight excluding hydrogens is 376 g/mol. The van der Waals surface area contributed by atoms with E-state index in [0.717, 1.165) is 45.2 Å². The van der Waals surface area contributed by atoms with Crippen LogP contribution in [0.5, 0.6) is 11.5 Å². The molecule has 0 fully saturated rings. The third-order valence-corrected chi connectivity index (χ3v) is 5.17. The lowest BCUT2D eigenvalue weighted by molar-refractivity contribution is 0.414. The number of aromatic amines is 1. The van der Waals surface area contributed by atoms with E-state index >= 15 is 0 Å². The number of aromatic nitrogens is 3. The lowest BCUT2D eigenvalue weighted by Gasteiger charge is -2.10. The Morgan fingerprint density at radius 3 is 2.40 bits per heavy atom. The molecule has 0 saturated carbocycles. The second-order valence-corrected chi connectivity index (χ2v) is 7.00. The van der Waals surface area contributed by atoms with Crippen molar-refractivity contribution in [3.05, 3.63) is 71.3 Å². The summed E-state index contributed by atoms with van der Waals surface area (Å²) in [6, 6.07) is 17.9. The number of ether oxygens (including phenoxy) is 2. The van der Waals surface area contributed by atoms with Gasteiger partial charge in [-0.2, -0.15) is 5.26 Å². The van der Waals surface area contributed by atoms with Gasteiger partial charge >= 0.3 is 0 Å². The van der Waals surface area contributed by atoms with Gasteiger partial charge in [-0.25, -0.2) is 4.98 Å². The van der Waals surface area contributed by atoms with Crippen molar-refractivity contribution in [2.75, 3.05) is 14.2 Å². The van der Waals surface area contributed by atoms with Crippen LogP contribution in [0.15, 0.2) is 48.5 Å². The largest absolute Gasteiger partial charge is 0.497 e. The van der Waals surface area contributed by atoms with Crippen LogP contribution in [-0.4, -0.2) is 28.8 Å². The van der Waals surface area contributed by atoms with Crippen molar-refractivity contribution >= 4 is 22.7 Å². The molecule has 2 aromatic carbocycles. The Morgan fingerprint density at radius 2 is 1.73 bits per heavy atom. The van der Waals surface area contributed by atoms with Crippen LogP contribution in [0.1, 0.15) is 22.8 Å². The quantitative estimate of drug-likeness (QED) is 0.477. The van der Waals surface area contributed by atoms with E-state index in [9.17, 15) is 5.26 Å². The number of nitrogens with zero attached hydrogens (tertiary/aromatic N) is 3. The number of rotatable bonds is 5. The zero-order valence-electron chi connectivity index (χ0n) is 17.4. The summed E-state index contributed by atoms with van der Waals surface area (Å²) in [6.07, 6.45) is 1.87. The summed E-state index contributed by atoms with van der Waals surface area (Å²) in [5, 5.41) is 9.78. The van der Waals surface area contributed by atoms with Crippen molar-refractivity contribution in [3.63, 3.8) is 0 Å². The molecule has 6 nitrogen and oxygen atoms in total. The van der Waals surface area contributed by atoms with Crippen molar-refractivity contribution in [1.29, 1.82) is 5.26 Å². The van der Waals surface area contributed by atoms with Crippen LogP contribution in [0.4, 0.5) is 0 Å². The van der Waals surface area contributed by atoms with Crippen LogP contribution >= 0.6 is 0 Å². The van der Waals surface area contributed by atoms with Gasteiger partial charge in [-0.1, -0.05) is 0 Å². The smallest absolute Gasteiger partial charge is 0.149 e. The van der Waals surface area contributed by atoms with Gasteiger partial charge in [0.05, 0.1) is 30.8 Å². The maximum absolute atomic E-state index is 9.78. The Hall–Kier alpha value is -3.98. The Labute approximate surface area is 175 Å². The maximum atomic E-state index is 9.78. The molecule has 1 N–H and O–H groups in total. The molecule has 0 aliphatic heterocycles. The summed E-state index contributed by atoms with van der Waals surface area (Å²) in [5.74, 6) is 2.09. The first-order chi connectivity index (χ1) is 14.5. The molecule has 0 aliphatic carbocycles. The van der Waals surface area contributed by atoms with Crippen LogP contribution in [-0.2, 0) is 0 Å². The van der Waals surface area contributed by atoms with Crippen molar-refractivity contribution in [2.45, 2.75) is 13.8 Å². The minimum absolute atomic E-state index is 0.472. The number of imidazole rings is 1. The van der Waals surface area contributed by atoms with Gasteiger partial charge in [-0.05, 0) is 68.0 Å². The highest BCUT2D eigenvalue weighted by Crippen LogP contribution is 2.27. The number of benzene rings is 2. The molecule has 0 amide bonds. The zero-order chi connectivity index (χ0) is 21.3. The molecule has 0 unspecified atom stereocenters. The number of H-pyrrole nitrogens is 1. The van der Waals surface area contributed by atoms with Crippen molar-refractivity contribution in [3.8, 4) is 23.3 Å². The highest BCUT2D eigenvalue weighted by Gasteiger charge is 2.13. The monoisotopic (exact) mass is 398 g/mol. The third-order valence-electron chi connectivity index (χ3n) is 5.17. The van der Waals surface area contributed by atoms with Crippen molar-refractivity contribution in [1.82, 2.24) is 14.5 Å². The zero-order valence-corrected chi connectivity index (χ0v) is 17.4. The summed E-state index contributed by atoms with van der Waals surface area (Å²) >= 11 is 0. The number of nitrogens with one attached hydrogen (secondary N) is 1. The van der Waals surface area contributed by atoms with Gasteiger partial charge in [-0.15, -0.1) is 0 Å². The maximum Gasteiger partial charge on any atom is 0.149 e. The molecule has 4 aromatic rings. The first-order valence-electron chi connectivity index (χ1n) is 9.53. The van der Waals surface area contributed by atoms with E-state index in [0.29, 0.717) is 11.4 Å². The first kappa shape index (κ1) is 19.3. The van der Waals surface area contributed by atoms with Crippen LogP contribution in [0.2, 0.25) is 0 Å². The third kappa shape index (κ3) is 3.42. The van der Waals surface area contributed by atoms with Crippen LogP contribution in [0.3, 0.4) is 0 Å². The predicted octanol–water partition coefficient (Wildman–Crippen LogP) is 5.05. The Bertz CT molecular complexity index is 1290. The number of methoxy groups -OCH3 is 2. The van der Waals surface area contributed by atoms with Gasteiger partial charge in [0.25, 0.3) is 0 Å². The summed E-state index contributed by atoms with van der Waals surface area (Å²) < 4.78 is 12.7. The van der Waals surface area contributed by atoms with Gasteiger partial charge in [0, 0.05) is 23.1 Å². The Balaban J connectivity index is 1.75. The molecule has 0 saturated heterocycles. The minimum Gasteiger partial charge on any atom is -0.497 e. The number of nitriles is 1. The molecule has 2 aromatic heterocycles. The fourth-order valence-electron chi connectivity index (χ4n) is 3.61. The number of hydrogen-bond donors (Lipinski definition) is 1. The topological polar surface area (TPSA) is 75.9 Å². The molecule has 0 aliphatic rings. The highest BCUT2D eigenvalue weighted by molar-refractivity contribution is 5.91. The standard InChI is InChI=1S/C24H22N4O2/c1-15-11-17(16(2)28(15)19-5-7-20(29-3)8-6-19)12-18(14-25)24-26-22-10-9-21(30-4)13-23(22)27-24/h5-13H,1-4H3,(H,26,27)/b18-12-. The van der Waals surface area contributed by atoms with E-state index in [4.69, 9.17) is 9.47 Å². The molecule has 0 spiro atoms. The average Bonchev–Trinajstić information content (AvgIpc) is 3.31. The predicted molar refractivity (Wildman–Crippen MR) is 118 cm³/mol. The Morgan fingerprint density at radius 1 is 1.03 bits per heavy atom. The van der Waals surface area contributed by atoms with Gasteiger partial charge < -0.3 is 19.0 Å². The fraction of sp³-hybridized carbons (Fsp3) is 0.167. The molecule has 0 atom stereocenters. The summed E-state index contributed by atoms with van der Waals surface area (Å²) in [5.41, 5.74) is 6.22. The average molecular weight is 398 g/mol. The molecule has 4 rings (SSSR count). The van der Waals surface area contributed by atoms with Gasteiger partial charge in [0.15, 0.2) is 0 Å². The minimum atomic E-state index is 0.472. The lowest BCUT2D eigenvalue weighted by atomic mass is 10.1. The highest BCUT2D eigenvalue weighted by atomic mass is 16.5. The van der Waals surface area contributed by atoms with E-state index in [-0.39, 0.29) is 0 Å².